The first kappa shape index (κ1) is 16.4. The van der Waals surface area contributed by atoms with Crippen LogP contribution >= 0.6 is 23.2 Å². The van der Waals surface area contributed by atoms with E-state index in [1.807, 2.05) is 0 Å². The lowest BCUT2D eigenvalue weighted by atomic mass is 9.86. The molecule has 7 heteroatoms. The second kappa shape index (κ2) is 6.19. The van der Waals surface area contributed by atoms with Gasteiger partial charge in [0, 0.05) is 23.0 Å². The van der Waals surface area contributed by atoms with Crippen molar-refractivity contribution in [2.24, 2.45) is 4.99 Å². The van der Waals surface area contributed by atoms with Crippen LogP contribution in [0.2, 0.25) is 10.0 Å². The molecule has 1 aliphatic heterocycles. The van der Waals surface area contributed by atoms with Crippen molar-refractivity contribution in [3.05, 3.63) is 75.5 Å². The number of rotatable bonds is 4. The molecule has 0 spiro atoms. The van der Waals surface area contributed by atoms with Gasteiger partial charge in [-0.3, -0.25) is 14.8 Å². The van der Waals surface area contributed by atoms with Crippen molar-refractivity contribution in [1.82, 2.24) is 4.98 Å². The van der Waals surface area contributed by atoms with Crippen molar-refractivity contribution in [3.8, 4) is 0 Å². The molecule has 5 nitrogen and oxygen atoms in total. The summed E-state index contributed by atoms with van der Waals surface area (Å²) in [7, 11) is 0. The molecule has 0 bridgehead atoms. The molecule has 1 aromatic heterocycles. The van der Waals surface area contributed by atoms with Crippen LogP contribution in [0.25, 0.3) is 0 Å². The molecule has 0 amide bonds. The summed E-state index contributed by atoms with van der Waals surface area (Å²) in [5.41, 5.74) is -0.770. The van der Waals surface area contributed by atoms with E-state index in [2.05, 4.69) is 9.98 Å². The van der Waals surface area contributed by atoms with Gasteiger partial charge in [0.2, 0.25) is 5.78 Å². The van der Waals surface area contributed by atoms with E-state index in [0.717, 1.165) is 0 Å². The fraction of sp³-hybridized carbons (Fsp3) is 0.0588. The summed E-state index contributed by atoms with van der Waals surface area (Å²) in [5, 5.41) is 9.60. The van der Waals surface area contributed by atoms with Gasteiger partial charge < -0.3 is 5.11 Å². The van der Waals surface area contributed by atoms with Gasteiger partial charge in [0.1, 0.15) is 0 Å². The maximum atomic E-state index is 13.1. The highest BCUT2D eigenvalue weighted by molar-refractivity contribution is 6.37. The zero-order chi connectivity index (χ0) is 17.3. The van der Waals surface area contributed by atoms with Crippen LogP contribution in [0.3, 0.4) is 0 Å². The van der Waals surface area contributed by atoms with E-state index in [9.17, 15) is 9.59 Å². The summed E-state index contributed by atoms with van der Waals surface area (Å²) in [6.07, 6.45) is 5.92. The lowest BCUT2D eigenvalue weighted by Gasteiger charge is -2.23. The number of aliphatic imine (C=N–C) groups is 1. The van der Waals surface area contributed by atoms with Crippen LogP contribution in [0.4, 0.5) is 0 Å². The first-order valence-electron chi connectivity index (χ1n) is 6.87. The summed E-state index contributed by atoms with van der Waals surface area (Å²) in [4.78, 5) is 32.4. The highest BCUT2D eigenvalue weighted by atomic mass is 35.5. The third-order valence-electron chi connectivity index (χ3n) is 3.62. The third kappa shape index (κ3) is 2.72. The van der Waals surface area contributed by atoms with Crippen molar-refractivity contribution in [2.75, 3.05) is 0 Å². The molecule has 0 saturated heterocycles. The van der Waals surface area contributed by atoms with Crippen LogP contribution in [0, 0.1) is 0 Å². The quantitative estimate of drug-likeness (QED) is 0.840. The molecule has 3 rings (SSSR count). The summed E-state index contributed by atoms with van der Waals surface area (Å²) < 4.78 is 0. The SMILES string of the molecule is O=C(O)c1ccc(C2(C(=O)c3ccc(Cl)cc3Cl)C=CC=N2)nc1. The Morgan fingerprint density at radius 2 is 1.92 bits per heavy atom. The average Bonchev–Trinajstić information content (AvgIpc) is 3.05. The lowest BCUT2D eigenvalue weighted by Crippen LogP contribution is -2.32. The molecule has 1 N–H and O–H groups in total. The summed E-state index contributed by atoms with van der Waals surface area (Å²) in [6.45, 7) is 0. The molecule has 0 aliphatic carbocycles. The van der Waals surface area contributed by atoms with Gasteiger partial charge in [0.15, 0.2) is 5.54 Å². The molecule has 1 aliphatic rings. The number of Topliss-reactive ketones (excluding diaryl/α,β-unsaturated/α-hetero) is 1. The fourth-order valence-electron chi connectivity index (χ4n) is 2.41. The van der Waals surface area contributed by atoms with E-state index in [4.69, 9.17) is 28.3 Å². The van der Waals surface area contributed by atoms with E-state index in [0.29, 0.717) is 10.7 Å². The Bertz CT molecular complexity index is 877. The molecule has 2 aromatic rings. The van der Waals surface area contributed by atoms with Gasteiger partial charge >= 0.3 is 5.97 Å². The standard InChI is InChI=1S/C17H10Cl2N2O3/c18-11-3-4-12(13(19)8-11)15(22)17(6-1-7-21-17)14-5-2-10(9-20-14)16(23)24/h1-9H,(H,23,24). The molecule has 24 heavy (non-hydrogen) atoms. The van der Waals surface area contributed by atoms with Gasteiger partial charge in [0.05, 0.1) is 16.3 Å². The van der Waals surface area contributed by atoms with Crippen molar-refractivity contribution in [1.29, 1.82) is 0 Å². The Hall–Kier alpha value is -2.50. The molecule has 1 atom stereocenters. The van der Waals surface area contributed by atoms with Crippen molar-refractivity contribution in [3.63, 3.8) is 0 Å². The number of nitrogens with zero attached hydrogens (tertiary/aromatic N) is 2. The zero-order valence-electron chi connectivity index (χ0n) is 12.1. The minimum Gasteiger partial charge on any atom is -0.478 e. The maximum Gasteiger partial charge on any atom is 0.337 e. The average molecular weight is 361 g/mol. The summed E-state index contributed by atoms with van der Waals surface area (Å²) in [6, 6.07) is 7.43. The Morgan fingerprint density at radius 1 is 1.12 bits per heavy atom. The lowest BCUT2D eigenvalue weighted by molar-refractivity contribution is 0.0696. The van der Waals surface area contributed by atoms with Crippen molar-refractivity contribution < 1.29 is 14.7 Å². The molecule has 0 saturated carbocycles. The Balaban J connectivity index is 2.09. The van der Waals surface area contributed by atoms with Crippen molar-refractivity contribution in [2.45, 2.75) is 5.54 Å². The van der Waals surface area contributed by atoms with Crippen LogP contribution in [0.15, 0.2) is 53.7 Å². The van der Waals surface area contributed by atoms with Gasteiger partial charge in [-0.15, -0.1) is 0 Å². The first-order valence-corrected chi connectivity index (χ1v) is 7.62. The minimum atomic E-state index is -1.37. The summed E-state index contributed by atoms with van der Waals surface area (Å²) >= 11 is 12.0. The normalized spacial score (nSPS) is 18.8. The molecule has 2 heterocycles. The number of aromatic carboxylic acids is 1. The second-order valence-electron chi connectivity index (χ2n) is 5.09. The van der Waals surface area contributed by atoms with Crippen molar-refractivity contribution >= 4 is 41.2 Å². The number of benzene rings is 1. The monoisotopic (exact) mass is 360 g/mol. The van der Waals surface area contributed by atoms with Crippen LogP contribution in [-0.4, -0.2) is 28.1 Å². The molecule has 1 unspecified atom stereocenters. The van der Waals surface area contributed by atoms with Gasteiger partial charge in [-0.05, 0) is 42.5 Å². The van der Waals surface area contributed by atoms with Gasteiger partial charge in [0.25, 0.3) is 0 Å². The number of carbonyl (C=O) groups is 2. The largest absolute Gasteiger partial charge is 0.478 e. The zero-order valence-corrected chi connectivity index (χ0v) is 13.6. The number of ketones is 1. The molecular formula is C17H10Cl2N2O3. The number of hydrogen-bond donors (Lipinski definition) is 1. The minimum absolute atomic E-state index is 0.0248. The second-order valence-corrected chi connectivity index (χ2v) is 5.94. The van der Waals surface area contributed by atoms with Crippen LogP contribution in [-0.2, 0) is 5.54 Å². The van der Waals surface area contributed by atoms with Crippen LogP contribution < -0.4 is 0 Å². The maximum absolute atomic E-state index is 13.1. The highest BCUT2D eigenvalue weighted by Crippen LogP contribution is 2.35. The molecule has 1 aromatic carbocycles. The van der Waals surface area contributed by atoms with Crippen LogP contribution in [0.1, 0.15) is 26.4 Å². The van der Waals surface area contributed by atoms with Crippen LogP contribution in [0.5, 0.6) is 0 Å². The Labute approximate surface area is 147 Å². The van der Waals surface area contributed by atoms with E-state index < -0.39 is 11.5 Å². The molecular weight excluding hydrogens is 351 g/mol. The van der Waals surface area contributed by atoms with E-state index >= 15 is 0 Å². The number of carboxylic acids is 1. The first-order chi connectivity index (χ1) is 11.4. The van der Waals surface area contributed by atoms with Gasteiger partial charge in [-0.25, -0.2) is 4.79 Å². The van der Waals surface area contributed by atoms with E-state index in [1.54, 1.807) is 18.2 Å². The number of allylic oxidation sites excluding steroid dienone is 1. The smallest absolute Gasteiger partial charge is 0.337 e. The highest BCUT2D eigenvalue weighted by Gasteiger charge is 2.41. The summed E-state index contributed by atoms with van der Waals surface area (Å²) in [5.74, 6) is -1.47. The number of pyridine rings is 1. The van der Waals surface area contributed by atoms with Gasteiger partial charge in [-0.1, -0.05) is 23.2 Å². The fourth-order valence-corrected chi connectivity index (χ4v) is 2.91. The van der Waals surface area contributed by atoms with E-state index in [-0.39, 0.29) is 21.9 Å². The molecule has 120 valence electrons. The number of carboxylic acid groups (broad SMARTS) is 1. The number of hydrogen-bond acceptors (Lipinski definition) is 4. The number of carbonyl (C=O) groups excluding carboxylic acids is 1. The molecule has 0 fully saturated rings. The van der Waals surface area contributed by atoms with Gasteiger partial charge in [-0.2, -0.15) is 0 Å². The Kier molecular flexibility index (Phi) is 4.22. The van der Waals surface area contributed by atoms with E-state index in [1.165, 1.54) is 36.7 Å². The number of halogens is 2. The Morgan fingerprint density at radius 3 is 2.46 bits per heavy atom. The topological polar surface area (TPSA) is 79.6 Å². The molecule has 0 radical (unpaired) electrons. The predicted octanol–water partition coefficient (Wildman–Crippen LogP) is 3.81. The number of aromatic nitrogens is 1. The predicted molar refractivity (Wildman–Crippen MR) is 91.3 cm³/mol. The third-order valence-corrected chi connectivity index (χ3v) is 4.17.